The largest absolute Gasteiger partial charge is 0.469 e. The fourth-order valence-electron chi connectivity index (χ4n) is 1.17. The molecule has 0 atom stereocenters. The van der Waals surface area contributed by atoms with Crippen molar-refractivity contribution in [3.63, 3.8) is 0 Å². The Morgan fingerprint density at radius 3 is 2.85 bits per heavy atom. The highest BCUT2D eigenvalue weighted by atomic mass is 16.3. The van der Waals surface area contributed by atoms with Gasteiger partial charge in [-0.2, -0.15) is 5.10 Å². The van der Waals surface area contributed by atoms with Crippen molar-refractivity contribution in [2.75, 3.05) is 0 Å². The Balaban J connectivity index is 2.58. The van der Waals surface area contributed by atoms with E-state index in [2.05, 4.69) is 10.2 Å². The zero-order chi connectivity index (χ0) is 9.42. The van der Waals surface area contributed by atoms with Crippen molar-refractivity contribution in [1.82, 2.24) is 14.8 Å². The highest BCUT2D eigenvalue weighted by Gasteiger charge is 2.08. The molecule has 0 aromatic carbocycles. The molecule has 0 spiro atoms. The predicted molar refractivity (Wildman–Crippen MR) is 46.3 cm³/mol. The van der Waals surface area contributed by atoms with E-state index in [-0.39, 0.29) is 5.69 Å². The van der Waals surface area contributed by atoms with Crippen LogP contribution in [-0.2, 0) is 7.05 Å². The normalized spacial score (nSPS) is 10.6. The Morgan fingerprint density at radius 1 is 1.62 bits per heavy atom. The Kier molecular flexibility index (Phi) is 1.58. The third-order valence-electron chi connectivity index (χ3n) is 1.87. The maximum Gasteiger partial charge on any atom is 0.343 e. The van der Waals surface area contributed by atoms with Crippen LogP contribution in [0.3, 0.4) is 0 Å². The number of furan rings is 1. The molecule has 2 aromatic heterocycles. The van der Waals surface area contributed by atoms with Crippen LogP contribution in [0.4, 0.5) is 0 Å². The van der Waals surface area contributed by atoms with E-state index in [0.717, 1.165) is 11.3 Å². The van der Waals surface area contributed by atoms with Gasteiger partial charge >= 0.3 is 5.69 Å². The van der Waals surface area contributed by atoms with Crippen LogP contribution in [0.15, 0.2) is 21.5 Å². The summed E-state index contributed by atoms with van der Waals surface area (Å²) in [6, 6.07) is 1.83. The fourth-order valence-corrected chi connectivity index (χ4v) is 1.17. The van der Waals surface area contributed by atoms with Gasteiger partial charge in [0.15, 0.2) is 5.82 Å². The van der Waals surface area contributed by atoms with Gasteiger partial charge in [-0.3, -0.25) is 4.57 Å². The first-order valence-electron chi connectivity index (χ1n) is 3.85. The molecule has 5 nitrogen and oxygen atoms in total. The Bertz CT molecular complexity index is 478. The Hall–Kier alpha value is -1.78. The molecule has 0 radical (unpaired) electrons. The SMILES string of the molecule is Cc1cc(-c2n[nH]c(=O)n2C)co1. The van der Waals surface area contributed by atoms with Gasteiger partial charge in [-0.1, -0.05) is 0 Å². The summed E-state index contributed by atoms with van der Waals surface area (Å²) in [4.78, 5) is 11.0. The third kappa shape index (κ3) is 1.18. The molecule has 2 rings (SSSR count). The van der Waals surface area contributed by atoms with Crippen LogP contribution in [0, 0.1) is 6.92 Å². The number of aryl methyl sites for hydroxylation is 1. The Morgan fingerprint density at radius 2 is 2.38 bits per heavy atom. The van der Waals surface area contributed by atoms with Crippen molar-refractivity contribution in [3.8, 4) is 11.4 Å². The van der Waals surface area contributed by atoms with Crippen LogP contribution in [0.25, 0.3) is 11.4 Å². The quantitative estimate of drug-likeness (QED) is 0.700. The van der Waals surface area contributed by atoms with Crippen LogP contribution in [0.1, 0.15) is 5.76 Å². The molecule has 0 aliphatic heterocycles. The van der Waals surface area contributed by atoms with Gasteiger partial charge in [0, 0.05) is 7.05 Å². The minimum absolute atomic E-state index is 0.228. The molecular weight excluding hydrogens is 170 g/mol. The van der Waals surface area contributed by atoms with E-state index in [1.165, 1.54) is 4.57 Å². The van der Waals surface area contributed by atoms with Crippen molar-refractivity contribution in [1.29, 1.82) is 0 Å². The minimum Gasteiger partial charge on any atom is -0.469 e. The lowest BCUT2D eigenvalue weighted by Crippen LogP contribution is -2.12. The molecule has 0 fully saturated rings. The number of rotatable bonds is 1. The molecule has 0 aliphatic carbocycles. The smallest absolute Gasteiger partial charge is 0.343 e. The number of aromatic nitrogens is 3. The van der Waals surface area contributed by atoms with E-state index in [9.17, 15) is 4.79 Å². The monoisotopic (exact) mass is 179 g/mol. The lowest BCUT2D eigenvalue weighted by atomic mass is 10.3. The van der Waals surface area contributed by atoms with Gasteiger partial charge in [-0.05, 0) is 13.0 Å². The molecule has 0 aliphatic rings. The second-order valence-electron chi connectivity index (χ2n) is 2.86. The first kappa shape index (κ1) is 7.85. The fraction of sp³-hybridized carbons (Fsp3) is 0.250. The summed E-state index contributed by atoms with van der Waals surface area (Å²) in [6.45, 7) is 1.84. The molecule has 0 saturated carbocycles. The summed E-state index contributed by atoms with van der Waals surface area (Å²) in [6.07, 6.45) is 1.57. The van der Waals surface area contributed by atoms with Crippen LogP contribution < -0.4 is 5.69 Å². The zero-order valence-electron chi connectivity index (χ0n) is 7.37. The van der Waals surface area contributed by atoms with Gasteiger partial charge < -0.3 is 4.42 Å². The number of nitrogens with one attached hydrogen (secondary N) is 1. The minimum atomic E-state index is -0.228. The van der Waals surface area contributed by atoms with Gasteiger partial charge in [0.05, 0.1) is 5.56 Å². The van der Waals surface area contributed by atoms with Crippen molar-refractivity contribution in [2.45, 2.75) is 6.92 Å². The van der Waals surface area contributed by atoms with Gasteiger partial charge in [0.25, 0.3) is 0 Å². The summed E-state index contributed by atoms with van der Waals surface area (Å²) in [5.41, 5.74) is 0.576. The molecule has 0 unspecified atom stereocenters. The van der Waals surface area contributed by atoms with E-state index >= 15 is 0 Å². The molecule has 0 bridgehead atoms. The van der Waals surface area contributed by atoms with Crippen LogP contribution in [-0.4, -0.2) is 14.8 Å². The second-order valence-corrected chi connectivity index (χ2v) is 2.86. The average Bonchev–Trinajstić information content (AvgIpc) is 2.62. The van der Waals surface area contributed by atoms with Gasteiger partial charge in [-0.25, -0.2) is 9.89 Å². The van der Waals surface area contributed by atoms with E-state index in [1.807, 2.05) is 13.0 Å². The number of H-pyrrole nitrogens is 1. The number of hydrogen-bond donors (Lipinski definition) is 1. The number of aromatic amines is 1. The predicted octanol–water partition coefficient (Wildman–Crippen LogP) is 0.677. The number of nitrogens with zero attached hydrogens (tertiary/aromatic N) is 2. The first-order valence-corrected chi connectivity index (χ1v) is 3.85. The van der Waals surface area contributed by atoms with Gasteiger partial charge in [0.2, 0.25) is 0 Å². The van der Waals surface area contributed by atoms with E-state index in [0.29, 0.717) is 5.82 Å². The molecule has 0 saturated heterocycles. The molecule has 13 heavy (non-hydrogen) atoms. The van der Waals surface area contributed by atoms with Crippen molar-refractivity contribution in [2.24, 2.45) is 7.05 Å². The highest BCUT2D eigenvalue weighted by Crippen LogP contribution is 2.17. The summed E-state index contributed by atoms with van der Waals surface area (Å²) >= 11 is 0. The van der Waals surface area contributed by atoms with Gasteiger partial charge in [-0.15, -0.1) is 0 Å². The van der Waals surface area contributed by atoms with Crippen LogP contribution in [0.5, 0.6) is 0 Å². The molecule has 1 N–H and O–H groups in total. The zero-order valence-corrected chi connectivity index (χ0v) is 7.37. The summed E-state index contributed by atoms with van der Waals surface area (Å²) in [5, 5.41) is 6.22. The van der Waals surface area contributed by atoms with Crippen molar-refractivity contribution < 1.29 is 4.42 Å². The van der Waals surface area contributed by atoms with E-state index < -0.39 is 0 Å². The molecule has 5 heteroatoms. The highest BCUT2D eigenvalue weighted by molar-refractivity contribution is 5.53. The summed E-state index contributed by atoms with van der Waals surface area (Å²) < 4.78 is 6.55. The molecular formula is C8H9N3O2. The summed E-state index contributed by atoms with van der Waals surface area (Å²) in [7, 11) is 1.66. The lowest BCUT2D eigenvalue weighted by molar-refractivity contribution is 0.534. The van der Waals surface area contributed by atoms with Crippen LogP contribution >= 0.6 is 0 Å². The van der Waals surface area contributed by atoms with Crippen LogP contribution in [0.2, 0.25) is 0 Å². The van der Waals surface area contributed by atoms with Crippen molar-refractivity contribution in [3.05, 3.63) is 28.6 Å². The topological polar surface area (TPSA) is 63.8 Å². The number of hydrogen-bond acceptors (Lipinski definition) is 3. The van der Waals surface area contributed by atoms with Gasteiger partial charge in [0.1, 0.15) is 12.0 Å². The third-order valence-corrected chi connectivity index (χ3v) is 1.87. The molecule has 0 amide bonds. The summed E-state index contributed by atoms with van der Waals surface area (Å²) in [5.74, 6) is 1.38. The van der Waals surface area contributed by atoms with E-state index in [4.69, 9.17) is 4.42 Å². The molecule has 68 valence electrons. The molecule has 2 aromatic rings. The lowest BCUT2D eigenvalue weighted by Gasteiger charge is -1.92. The second kappa shape index (κ2) is 2.62. The van der Waals surface area contributed by atoms with E-state index in [1.54, 1.807) is 13.3 Å². The maximum absolute atomic E-state index is 11.0. The van der Waals surface area contributed by atoms with Crippen molar-refractivity contribution >= 4 is 0 Å². The maximum atomic E-state index is 11.0. The Labute approximate surface area is 74.0 Å². The average molecular weight is 179 g/mol. The first-order chi connectivity index (χ1) is 6.18. The molecule has 2 heterocycles. The standard InChI is InChI=1S/C8H9N3O2/c1-5-3-6(4-13-5)7-9-10-8(12)11(7)2/h3-4H,1-2H3,(H,10,12).